The largest absolute Gasteiger partial charge is 0.344 e. The van der Waals surface area contributed by atoms with Crippen molar-refractivity contribution < 1.29 is 9.18 Å². The van der Waals surface area contributed by atoms with Crippen molar-refractivity contribution in [3.8, 4) is 0 Å². The molecule has 2 amide bonds. The SMILES string of the molecule is O=C(Nc1ccc(Cl)cn1)Nc1c[nH]c2ncc(F)cc12. The Bertz CT molecular complexity index is 802. The number of nitrogens with one attached hydrogen (secondary N) is 3. The van der Waals surface area contributed by atoms with Gasteiger partial charge in [0, 0.05) is 17.8 Å². The van der Waals surface area contributed by atoms with Crippen molar-refractivity contribution in [1.29, 1.82) is 0 Å². The predicted octanol–water partition coefficient (Wildman–Crippen LogP) is 3.39. The van der Waals surface area contributed by atoms with Crippen LogP contribution in [0.4, 0.5) is 20.7 Å². The number of fused-ring (bicyclic) bond motifs is 1. The third-order valence-electron chi connectivity index (χ3n) is 2.71. The van der Waals surface area contributed by atoms with Crippen LogP contribution in [0.1, 0.15) is 0 Å². The van der Waals surface area contributed by atoms with Gasteiger partial charge in [0.1, 0.15) is 17.3 Å². The Balaban J connectivity index is 1.77. The fourth-order valence-electron chi connectivity index (χ4n) is 1.80. The maximum atomic E-state index is 13.2. The number of pyridine rings is 2. The molecule has 0 aliphatic carbocycles. The lowest BCUT2D eigenvalue weighted by molar-refractivity contribution is 0.262. The number of H-pyrrole nitrogens is 1. The zero-order valence-electron chi connectivity index (χ0n) is 10.5. The van der Waals surface area contributed by atoms with E-state index in [2.05, 4.69) is 25.6 Å². The van der Waals surface area contributed by atoms with Gasteiger partial charge >= 0.3 is 6.03 Å². The number of aromatic nitrogens is 3. The molecule has 3 aromatic rings. The zero-order valence-corrected chi connectivity index (χ0v) is 11.3. The van der Waals surface area contributed by atoms with Gasteiger partial charge in [-0.1, -0.05) is 11.6 Å². The summed E-state index contributed by atoms with van der Waals surface area (Å²) < 4.78 is 13.2. The molecule has 0 saturated heterocycles. The first kappa shape index (κ1) is 13.3. The molecule has 106 valence electrons. The Morgan fingerprint density at radius 3 is 2.86 bits per heavy atom. The quantitative estimate of drug-likeness (QED) is 0.678. The van der Waals surface area contributed by atoms with Crippen molar-refractivity contribution in [2.45, 2.75) is 0 Å². The molecule has 0 saturated carbocycles. The van der Waals surface area contributed by atoms with Gasteiger partial charge in [0.25, 0.3) is 0 Å². The molecule has 0 aliphatic heterocycles. The van der Waals surface area contributed by atoms with Crippen LogP contribution in [0.25, 0.3) is 11.0 Å². The first-order valence-electron chi connectivity index (χ1n) is 5.94. The summed E-state index contributed by atoms with van der Waals surface area (Å²) in [6, 6.07) is 3.96. The number of urea groups is 1. The molecule has 0 fully saturated rings. The molecule has 3 N–H and O–H groups in total. The highest BCUT2D eigenvalue weighted by atomic mass is 35.5. The van der Waals surface area contributed by atoms with Gasteiger partial charge in [-0.2, -0.15) is 0 Å². The molecule has 0 unspecified atom stereocenters. The summed E-state index contributed by atoms with van der Waals surface area (Å²) in [7, 11) is 0. The van der Waals surface area contributed by atoms with Crippen LogP contribution in [0, 0.1) is 5.82 Å². The summed E-state index contributed by atoms with van der Waals surface area (Å²) in [4.78, 5) is 22.5. The molecule has 0 atom stereocenters. The molecule has 0 bridgehead atoms. The summed E-state index contributed by atoms with van der Waals surface area (Å²) in [5, 5.41) is 6.09. The number of carbonyl (C=O) groups is 1. The van der Waals surface area contributed by atoms with Crippen LogP contribution in [0.5, 0.6) is 0 Å². The summed E-state index contributed by atoms with van der Waals surface area (Å²) >= 11 is 5.71. The minimum Gasteiger partial charge on any atom is -0.344 e. The third kappa shape index (κ3) is 2.92. The number of aromatic amines is 1. The molecular formula is C13H9ClFN5O. The number of hydrogen-bond donors (Lipinski definition) is 3. The maximum absolute atomic E-state index is 13.2. The van der Waals surface area contributed by atoms with Crippen LogP contribution < -0.4 is 10.6 Å². The number of anilines is 2. The van der Waals surface area contributed by atoms with Gasteiger partial charge in [-0.3, -0.25) is 5.32 Å². The number of amides is 2. The Labute approximate surface area is 123 Å². The van der Waals surface area contributed by atoms with Crippen LogP contribution in [0.15, 0.2) is 36.8 Å². The summed E-state index contributed by atoms with van der Waals surface area (Å²) in [5.41, 5.74) is 0.903. The van der Waals surface area contributed by atoms with Crippen LogP contribution in [0.2, 0.25) is 5.02 Å². The topological polar surface area (TPSA) is 82.7 Å². The minimum atomic E-state index is -0.505. The van der Waals surface area contributed by atoms with E-state index < -0.39 is 11.8 Å². The molecule has 3 aromatic heterocycles. The smallest absolute Gasteiger partial charge is 0.324 e. The lowest BCUT2D eigenvalue weighted by Crippen LogP contribution is -2.19. The number of carbonyl (C=O) groups excluding carboxylic acids is 1. The molecule has 3 rings (SSSR count). The fourth-order valence-corrected chi connectivity index (χ4v) is 1.91. The van der Waals surface area contributed by atoms with Crippen molar-refractivity contribution in [3.05, 3.63) is 47.6 Å². The van der Waals surface area contributed by atoms with Crippen molar-refractivity contribution in [2.75, 3.05) is 10.6 Å². The maximum Gasteiger partial charge on any atom is 0.324 e. The fraction of sp³-hybridized carbons (Fsp3) is 0. The van der Waals surface area contributed by atoms with Crippen LogP contribution in [-0.4, -0.2) is 21.0 Å². The average Bonchev–Trinajstić information content (AvgIpc) is 2.84. The van der Waals surface area contributed by atoms with Crippen molar-refractivity contribution in [1.82, 2.24) is 15.0 Å². The Morgan fingerprint density at radius 1 is 1.24 bits per heavy atom. The second-order valence-corrected chi connectivity index (χ2v) is 4.63. The van der Waals surface area contributed by atoms with E-state index in [9.17, 15) is 9.18 Å². The van der Waals surface area contributed by atoms with Crippen molar-refractivity contribution >= 4 is 40.2 Å². The monoisotopic (exact) mass is 305 g/mol. The predicted molar refractivity (Wildman–Crippen MR) is 77.9 cm³/mol. The van der Waals surface area contributed by atoms with E-state index in [4.69, 9.17) is 11.6 Å². The highest BCUT2D eigenvalue weighted by Gasteiger charge is 2.09. The molecular weight excluding hydrogens is 297 g/mol. The van der Waals surface area contributed by atoms with Gasteiger partial charge in [0.15, 0.2) is 0 Å². The summed E-state index contributed by atoms with van der Waals surface area (Å²) in [6.07, 6.45) is 4.05. The molecule has 8 heteroatoms. The molecule has 21 heavy (non-hydrogen) atoms. The van der Waals surface area contributed by atoms with Crippen molar-refractivity contribution in [2.24, 2.45) is 0 Å². The van der Waals surface area contributed by atoms with Gasteiger partial charge in [-0.15, -0.1) is 0 Å². The number of nitrogens with zero attached hydrogens (tertiary/aromatic N) is 2. The van der Waals surface area contributed by atoms with E-state index in [1.54, 1.807) is 12.1 Å². The number of hydrogen-bond acceptors (Lipinski definition) is 3. The van der Waals surface area contributed by atoms with Crippen LogP contribution in [-0.2, 0) is 0 Å². The molecule has 0 aliphatic rings. The highest BCUT2D eigenvalue weighted by Crippen LogP contribution is 2.22. The van der Waals surface area contributed by atoms with Gasteiger partial charge in [-0.25, -0.2) is 19.2 Å². The molecule has 3 heterocycles. The lowest BCUT2D eigenvalue weighted by Gasteiger charge is -2.05. The summed E-state index contributed by atoms with van der Waals surface area (Å²) in [6.45, 7) is 0. The Kier molecular flexibility index (Phi) is 3.41. The first-order valence-corrected chi connectivity index (χ1v) is 6.32. The Hall–Kier alpha value is -2.67. The standard InChI is InChI=1S/C13H9ClFN5O/c14-7-1-2-11(16-4-7)20-13(21)19-10-6-18-12-9(10)3-8(15)5-17-12/h1-6H,(H,17,18)(H2,16,19,20,21). The second-order valence-electron chi connectivity index (χ2n) is 4.19. The van der Waals surface area contributed by atoms with E-state index >= 15 is 0 Å². The average molecular weight is 306 g/mol. The van der Waals surface area contributed by atoms with E-state index in [1.165, 1.54) is 18.5 Å². The van der Waals surface area contributed by atoms with E-state index in [-0.39, 0.29) is 0 Å². The normalized spacial score (nSPS) is 10.6. The molecule has 0 spiro atoms. The van der Waals surface area contributed by atoms with E-state index in [1.807, 2.05) is 0 Å². The van der Waals surface area contributed by atoms with E-state index in [0.29, 0.717) is 27.6 Å². The zero-order chi connectivity index (χ0) is 14.8. The number of halogens is 2. The summed E-state index contributed by atoms with van der Waals surface area (Å²) in [5.74, 6) is -0.133. The molecule has 6 nitrogen and oxygen atoms in total. The molecule has 0 aromatic carbocycles. The minimum absolute atomic E-state index is 0.348. The van der Waals surface area contributed by atoms with Gasteiger partial charge in [0.05, 0.1) is 16.9 Å². The van der Waals surface area contributed by atoms with Crippen LogP contribution >= 0.6 is 11.6 Å². The van der Waals surface area contributed by atoms with Crippen molar-refractivity contribution in [3.63, 3.8) is 0 Å². The highest BCUT2D eigenvalue weighted by molar-refractivity contribution is 6.30. The molecule has 0 radical (unpaired) electrons. The Morgan fingerprint density at radius 2 is 2.10 bits per heavy atom. The number of rotatable bonds is 2. The van der Waals surface area contributed by atoms with E-state index in [0.717, 1.165) is 6.20 Å². The second kappa shape index (κ2) is 5.37. The van der Waals surface area contributed by atoms with Gasteiger partial charge in [0.2, 0.25) is 0 Å². The van der Waals surface area contributed by atoms with Gasteiger partial charge < -0.3 is 10.3 Å². The third-order valence-corrected chi connectivity index (χ3v) is 2.94. The lowest BCUT2D eigenvalue weighted by atomic mass is 10.3. The van der Waals surface area contributed by atoms with Crippen LogP contribution in [0.3, 0.4) is 0 Å². The first-order chi connectivity index (χ1) is 10.1. The van der Waals surface area contributed by atoms with Gasteiger partial charge in [-0.05, 0) is 18.2 Å².